The lowest BCUT2D eigenvalue weighted by atomic mass is 9.98. The third-order valence-corrected chi connectivity index (χ3v) is 5.21. The van der Waals surface area contributed by atoms with E-state index in [-0.39, 0.29) is 12.4 Å². The number of likely N-dealkylation sites (tertiary alicyclic amines) is 1. The Hall–Kier alpha value is -0.500. The molecule has 0 unspecified atom stereocenters. The van der Waals surface area contributed by atoms with Gasteiger partial charge in [0.15, 0.2) is 9.84 Å². The summed E-state index contributed by atoms with van der Waals surface area (Å²) in [5.41, 5.74) is 0.950. The Morgan fingerprint density at radius 3 is 2.74 bits per heavy atom. The second-order valence-corrected chi connectivity index (χ2v) is 8.29. The minimum absolute atomic E-state index is 0.0320. The van der Waals surface area contributed by atoms with Crippen LogP contribution in [0.25, 0.3) is 0 Å². The Morgan fingerprint density at radius 2 is 2.16 bits per heavy atom. The van der Waals surface area contributed by atoms with Crippen molar-refractivity contribution in [3.8, 4) is 0 Å². The van der Waals surface area contributed by atoms with Gasteiger partial charge >= 0.3 is 0 Å². The van der Waals surface area contributed by atoms with E-state index in [0.717, 1.165) is 38.2 Å². The first-order chi connectivity index (χ1) is 8.96. The van der Waals surface area contributed by atoms with Crippen LogP contribution in [-0.2, 0) is 22.1 Å². The molecule has 1 fully saturated rings. The average Bonchev–Trinajstić information content (AvgIpc) is 2.75. The van der Waals surface area contributed by atoms with Crippen molar-refractivity contribution in [2.75, 3.05) is 26.0 Å². The van der Waals surface area contributed by atoms with E-state index in [2.05, 4.69) is 9.88 Å². The minimum Gasteiger partial charge on any atom is -0.396 e. The molecule has 7 heteroatoms. The smallest absolute Gasteiger partial charge is 0.153 e. The Balaban J connectivity index is 1.87. The molecule has 0 radical (unpaired) electrons. The summed E-state index contributed by atoms with van der Waals surface area (Å²) in [6.07, 6.45) is 3.28. The average molecular weight is 304 g/mol. The Bertz CT molecular complexity index is 505. The van der Waals surface area contributed by atoms with Crippen LogP contribution in [0.15, 0.2) is 5.38 Å². The van der Waals surface area contributed by atoms with Gasteiger partial charge in [-0.25, -0.2) is 13.4 Å². The molecule has 1 aliphatic heterocycles. The summed E-state index contributed by atoms with van der Waals surface area (Å²) >= 11 is 1.41. The Morgan fingerprint density at radius 1 is 1.47 bits per heavy atom. The lowest BCUT2D eigenvalue weighted by molar-refractivity contribution is 0.126. The fourth-order valence-corrected chi connectivity index (χ4v) is 4.27. The number of thiazole rings is 1. The summed E-state index contributed by atoms with van der Waals surface area (Å²) in [5, 5.41) is 11.7. The minimum atomic E-state index is -3.00. The molecular formula is C12H20N2O3S2. The molecule has 0 atom stereocenters. The quantitative estimate of drug-likeness (QED) is 0.875. The van der Waals surface area contributed by atoms with Crippen LogP contribution in [0.5, 0.6) is 0 Å². The summed E-state index contributed by atoms with van der Waals surface area (Å²) in [6.45, 7) is 3.01. The molecule has 2 heterocycles. The fraction of sp³-hybridized carbons (Fsp3) is 0.750. The first-order valence-electron chi connectivity index (χ1n) is 6.40. The van der Waals surface area contributed by atoms with Gasteiger partial charge in [0.25, 0.3) is 0 Å². The zero-order valence-corrected chi connectivity index (χ0v) is 12.7. The number of sulfone groups is 1. The lowest BCUT2D eigenvalue weighted by Crippen LogP contribution is -2.34. The summed E-state index contributed by atoms with van der Waals surface area (Å²) in [6, 6.07) is 0. The summed E-state index contributed by atoms with van der Waals surface area (Å²) in [7, 11) is -3.00. The highest BCUT2D eigenvalue weighted by molar-refractivity contribution is 7.90. The highest BCUT2D eigenvalue weighted by atomic mass is 32.2. The van der Waals surface area contributed by atoms with Crippen molar-refractivity contribution >= 4 is 21.2 Å². The van der Waals surface area contributed by atoms with Gasteiger partial charge in [0, 0.05) is 24.8 Å². The molecule has 1 saturated heterocycles. The van der Waals surface area contributed by atoms with Crippen LogP contribution in [0.2, 0.25) is 0 Å². The Labute approximate surface area is 118 Å². The maximum absolute atomic E-state index is 11.2. The van der Waals surface area contributed by atoms with Crippen LogP contribution < -0.4 is 0 Å². The van der Waals surface area contributed by atoms with Crippen molar-refractivity contribution in [3.05, 3.63) is 16.1 Å². The molecule has 0 saturated carbocycles. The maximum atomic E-state index is 11.2. The summed E-state index contributed by atoms with van der Waals surface area (Å²) in [5.74, 6) is 0.469. The second kappa shape index (κ2) is 6.30. The summed E-state index contributed by atoms with van der Waals surface area (Å²) in [4.78, 5) is 6.69. The van der Waals surface area contributed by atoms with Gasteiger partial charge in [0.1, 0.15) is 10.8 Å². The van der Waals surface area contributed by atoms with Gasteiger partial charge in [0.05, 0.1) is 5.69 Å². The molecule has 1 N–H and O–H groups in total. The lowest BCUT2D eigenvalue weighted by Gasteiger charge is -2.30. The van der Waals surface area contributed by atoms with Crippen molar-refractivity contribution in [1.82, 2.24) is 9.88 Å². The largest absolute Gasteiger partial charge is 0.396 e. The molecule has 0 spiro atoms. The first-order valence-corrected chi connectivity index (χ1v) is 9.34. The van der Waals surface area contributed by atoms with Crippen molar-refractivity contribution in [2.24, 2.45) is 5.92 Å². The highest BCUT2D eigenvalue weighted by Gasteiger charge is 2.19. The van der Waals surface area contributed by atoms with Crippen LogP contribution in [0.3, 0.4) is 0 Å². The van der Waals surface area contributed by atoms with Gasteiger partial charge in [-0.2, -0.15) is 0 Å². The highest BCUT2D eigenvalue weighted by Crippen LogP contribution is 2.19. The number of aliphatic hydroxyl groups is 1. The SMILES string of the molecule is CS(=O)(=O)Cc1nc(CN2CCC(CO)CC2)cs1. The molecule has 0 bridgehead atoms. The van der Waals surface area contributed by atoms with Crippen molar-refractivity contribution in [1.29, 1.82) is 0 Å². The van der Waals surface area contributed by atoms with E-state index in [1.807, 2.05) is 5.38 Å². The van der Waals surface area contributed by atoms with E-state index in [0.29, 0.717) is 10.9 Å². The van der Waals surface area contributed by atoms with Gasteiger partial charge in [-0.3, -0.25) is 4.90 Å². The molecular weight excluding hydrogens is 284 g/mol. The topological polar surface area (TPSA) is 70.5 Å². The van der Waals surface area contributed by atoms with Crippen LogP contribution in [0.1, 0.15) is 23.5 Å². The van der Waals surface area contributed by atoms with Crippen LogP contribution in [-0.4, -0.2) is 49.4 Å². The Kier molecular flexibility index (Phi) is 4.94. The number of aromatic nitrogens is 1. The number of nitrogens with zero attached hydrogens (tertiary/aromatic N) is 2. The van der Waals surface area contributed by atoms with Crippen molar-refractivity contribution in [2.45, 2.75) is 25.1 Å². The standard InChI is InChI=1S/C12H20N2O3S2/c1-19(16,17)9-12-13-11(8-18-12)6-14-4-2-10(7-15)3-5-14/h8,10,15H,2-7,9H2,1H3. The first kappa shape index (κ1) is 14.9. The van der Waals surface area contributed by atoms with E-state index in [1.54, 1.807) is 0 Å². The molecule has 108 valence electrons. The number of piperidine rings is 1. The van der Waals surface area contributed by atoms with Crippen molar-refractivity contribution < 1.29 is 13.5 Å². The monoisotopic (exact) mass is 304 g/mol. The van der Waals surface area contributed by atoms with E-state index < -0.39 is 9.84 Å². The molecule has 1 aromatic heterocycles. The van der Waals surface area contributed by atoms with E-state index in [1.165, 1.54) is 17.6 Å². The number of aliphatic hydroxyl groups excluding tert-OH is 1. The molecule has 1 aromatic rings. The van der Waals surface area contributed by atoms with E-state index >= 15 is 0 Å². The molecule has 0 aliphatic carbocycles. The fourth-order valence-electron chi connectivity index (χ4n) is 2.27. The van der Waals surface area contributed by atoms with Gasteiger partial charge in [-0.05, 0) is 31.8 Å². The van der Waals surface area contributed by atoms with E-state index in [9.17, 15) is 8.42 Å². The van der Waals surface area contributed by atoms with Gasteiger partial charge in [0.2, 0.25) is 0 Å². The maximum Gasteiger partial charge on any atom is 0.153 e. The van der Waals surface area contributed by atoms with Gasteiger partial charge in [-0.15, -0.1) is 11.3 Å². The number of rotatable bonds is 5. The molecule has 1 aliphatic rings. The number of hydrogen-bond donors (Lipinski definition) is 1. The predicted octanol–water partition coefficient (Wildman–Crippen LogP) is 0.892. The van der Waals surface area contributed by atoms with Crippen LogP contribution in [0.4, 0.5) is 0 Å². The second-order valence-electron chi connectivity index (χ2n) is 5.20. The van der Waals surface area contributed by atoms with Crippen LogP contribution >= 0.6 is 11.3 Å². The predicted molar refractivity (Wildman–Crippen MR) is 75.7 cm³/mol. The number of hydrogen-bond acceptors (Lipinski definition) is 6. The van der Waals surface area contributed by atoms with Crippen molar-refractivity contribution in [3.63, 3.8) is 0 Å². The normalized spacial score (nSPS) is 18.8. The van der Waals surface area contributed by atoms with Crippen LogP contribution in [0, 0.1) is 5.92 Å². The molecule has 5 nitrogen and oxygen atoms in total. The molecule has 0 amide bonds. The summed E-state index contributed by atoms with van der Waals surface area (Å²) < 4.78 is 22.4. The third-order valence-electron chi connectivity index (χ3n) is 3.34. The van der Waals surface area contributed by atoms with Gasteiger partial charge in [-0.1, -0.05) is 0 Å². The van der Waals surface area contributed by atoms with Gasteiger partial charge < -0.3 is 5.11 Å². The molecule has 2 rings (SSSR count). The molecule has 19 heavy (non-hydrogen) atoms. The van der Waals surface area contributed by atoms with E-state index in [4.69, 9.17) is 5.11 Å². The molecule has 0 aromatic carbocycles. The zero-order chi connectivity index (χ0) is 13.9. The zero-order valence-electron chi connectivity index (χ0n) is 11.1. The third kappa shape index (κ3) is 4.83.